The third kappa shape index (κ3) is 7.24. The number of aliphatic hydroxyl groups is 1. The number of nitrogens with zero attached hydrogens (tertiary/aromatic N) is 1. The van der Waals surface area contributed by atoms with E-state index in [9.17, 15) is 23.5 Å². The second-order valence-corrected chi connectivity index (χ2v) is 9.79. The van der Waals surface area contributed by atoms with Gasteiger partial charge in [0.05, 0.1) is 18.3 Å². The first-order chi connectivity index (χ1) is 16.6. The minimum Gasteiger partial charge on any atom is -0.459 e. The number of alkyl halides is 2. The van der Waals surface area contributed by atoms with E-state index in [0.29, 0.717) is 29.4 Å². The minimum absolute atomic E-state index is 0.166. The van der Waals surface area contributed by atoms with Crippen LogP contribution in [-0.2, 0) is 21.8 Å². The highest BCUT2D eigenvalue weighted by molar-refractivity contribution is 9.10. The fourth-order valence-corrected chi connectivity index (χ4v) is 4.40. The number of rotatable bonds is 10. The fraction of sp³-hybridized carbons (Fsp3) is 0.462. The lowest BCUT2D eigenvalue weighted by molar-refractivity contribution is -0.120. The number of carbonyl (C=O) groups is 2. The van der Waals surface area contributed by atoms with Crippen molar-refractivity contribution in [2.45, 2.75) is 63.7 Å². The van der Waals surface area contributed by atoms with Crippen LogP contribution in [0.4, 0.5) is 13.6 Å². The number of hydrogen-bond donors (Lipinski definition) is 1. The number of aliphatic hydroxyl groups excluding tert-OH is 1. The molecule has 1 N–H and O–H groups in total. The largest absolute Gasteiger partial charge is 0.459 e. The van der Waals surface area contributed by atoms with Gasteiger partial charge in [0, 0.05) is 29.0 Å². The Kier molecular flexibility index (Phi) is 9.24. The SMILES string of the molecule is CC(C)OC(=O)c1ccc(CCN2C(=O)OCCC2CCC(O)C(F)(F)c2cccc(Br)c2)cc1. The van der Waals surface area contributed by atoms with Gasteiger partial charge in [-0.25, -0.2) is 9.59 Å². The Hall–Kier alpha value is -2.52. The van der Waals surface area contributed by atoms with E-state index in [1.165, 1.54) is 23.1 Å². The Labute approximate surface area is 212 Å². The Morgan fingerprint density at radius 1 is 1.26 bits per heavy atom. The molecule has 1 fully saturated rings. The molecule has 0 spiro atoms. The molecule has 2 aromatic rings. The Morgan fingerprint density at radius 2 is 1.97 bits per heavy atom. The standard InChI is InChI=1S/C26H30BrF2NO5/c1-17(2)35-24(32)19-8-6-18(7-9-19)12-14-30-22(13-15-34-25(30)33)10-11-23(31)26(28,29)20-4-3-5-21(27)16-20/h3-9,16-17,22-23,31H,10-15H2,1-2H3. The zero-order valence-electron chi connectivity index (χ0n) is 19.8. The minimum atomic E-state index is -3.41. The van der Waals surface area contributed by atoms with E-state index in [2.05, 4.69) is 15.9 Å². The molecule has 3 rings (SSSR count). The molecule has 0 saturated carbocycles. The number of carbonyl (C=O) groups excluding carboxylic acids is 2. The van der Waals surface area contributed by atoms with Crippen LogP contribution in [0.3, 0.4) is 0 Å². The number of hydrogen-bond acceptors (Lipinski definition) is 5. The first-order valence-corrected chi connectivity index (χ1v) is 12.4. The second kappa shape index (κ2) is 11.9. The quantitative estimate of drug-likeness (QED) is 0.382. The predicted molar refractivity (Wildman–Crippen MR) is 130 cm³/mol. The van der Waals surface area contributed by atoms with Crippen LogP contribution in [0.1, 0.15) is 54.6 Å². The van der Waals surface area contributed by atoms with E-state index < -0.39 is 24.1 Å². The molecule has 1 aliphatic heterocycles. The van der Waals surface area contributed by atoms with Crippen LogP contribution >= 0.6 is 15.9 Å². The average Bonchev–Trinajstić information content (AvgIpc) is 2.81. The monoisotopic (exact) mass is 553 g/mol. The van der Waals surface area contributed by atoms with Gasteiger partial charge in [0.15, 0.2) is 0 Å². The van der Waals surface area contributed by atoms with E-state index in [1.54, 1.807) is 44.2 Å². The van der Waals surface area contributed by atoms with Crippen molar-refractivity contribution < 1.29 is 33.0 Å². The van der Waals surface area contributed by atoms with Gasteiger partial charge in [0.25, 0.3) is 5.92 Å². The molecular weight excluding hydrogens is 524 g/mol. The zero-order chi connectivity index (χ0) is 25.6. The number of esters is 1. The fourth-order valence-electron chi connectivity index (χ4n) is 4.00. The van der Waals surface area contributed by atoms with Crippen molar-refractivity contribution in [1.29, 1.82) is 0 Å². The van der Waals surface area contributed by atoms with E-state index in [0.717, 1.165) is 5.56 Å². The lowest BCUT2D eigenvalue weighted by Gasteiger charge is -2.36. The lowest BCUT2D eigenvalue weighted by atomic mass is 9.96. The number of benzene rings is 2. The van der Waals surface area contributed by atoms with Gasteiger partial charge < -0.3 is 19.5 Å². The summed E-state index contributed by atoms with van der Waals surface area (Å²) in [4.78, 5) is 25.9. The number of ether oxygens (including phenoxy) is 2. The molecule has 2 unspecified atom stereocenters. The summed E-state index contributed by atoms with van der Waals surface area (Å²) in [6.07, 6.45) is -1.53. The Morgan fingerprint density at radius 3 is 2.63 bits per heavy atom. The van der Waals surface area contributed by atoms with E-state index in [-0.39, 0.29) is 37.2 Å². The van der Waals surface area contributed by atoms with Gasteiger partial charge in [-0.1, -0.05) is 40.2 Å². The summed E-state index contributed by atoms with van der Waals surface area (Å²) < 4.78 is 40.4. The summed E-state index contributed by atoms with van der Waals surface area (Å²) in [6, 6.07) is 12.3. The van der Waals surface area contributed by atoms with Crippen LogP contribution < -0.4 is 0 Å². The van der Waals surface area contributed by atoms with E-state index >= 15 is 0 Å². The normalized spacial score (nSPS) is 17.3. The summed E-state index contributed by atoms with van der Waals surface area (Å²) in [7, 11) is 0. The molecule has 2 aromatic carbocycles. The van der Waals surface area contributed by atoms with Gasteiger partial charge in [-0.15, -0.1) is 0 Å². The van der Waals surface area contributed by atoms with Crippen molar-refractivity contribution in [3.63, 3.8) is 0 Å². The lowest BCUT2D eigenvalue weighted by Crippen LogP contribution is -2.47. The molecule has 0 aromatic heterocycles. The topological polar surface area (TPSA) is 76.1 Å². The average molecular weight is 554 g/mol. The molecule has 0 bridgehead atoms. The maximum atomic E-state index is 14.8. The number of halogens is 3. The highest BCUT2D eigenvalue weighted by Gasteiger charge is 2.41. The van der Waals surface area contributed by atoms with Crippen molar-refractivity contribution in [1.82, 2.24) is 4.90 Å². The summed E-state index contributed by atoms with van der Waals surface area (Å²) in [5.41, 5.74) is 1.09. The molecule has 9 heteroatoms. The third-order valence-corrected chi connectivity index (χ3v) is 6.42. The summed E-state index contributed by atoms with van der Waals surface area (Å²) in [5, 5.41) is 10.3. The first kappa shape index (κ1) is 27.1. The van der Waals surface area contributed by atoms with Crippen LogP contribution in [0.5, 0.6) is 0 Å². The van der Waals surface area contributed by atoms with Gasteiger partial charge in [-0.2, -0.15) is 8.78 Å². The second-order valence-electron chi connectivity index (χ2n) is 8.88. The molecule has 1 aliphatic rings. The van der Waals surface area contributed by atoms with Gasteiger partial charge in [0.1, 0.15) is 6.10 Å². The highest BCUT2D eigenvalue weighted by atomic mass is 79.9. The predicted octanol–water partition coefficient (Wildman–Crippen LogP) is 5.70. The highest BCUT2D eigenvalue weighted by Crippen LogP contribution is 2.35. The van der Waals surface area contributed by atoms with Crippen LogP contribution in [-0.4, -0.2) is 53.5 Å². The molecule has 0 radical (unpaired) electrons. The van der Waals surface area contributed by atoms with Crippen molar-refractivity contribution in [2.75, 3.05) is 13.2 Å². The maximum Gasteiger partial charge on any atom is 0.410 e. The third-order valence-electron chi connectivity index (χ3n) is 5.93. The number of amides is 1. The van der Waals surface area contributed by atoms with E-state index in [1.807, 2.05) is 0 Å². The van der Waals surface area contributed by atoms with Crippen LogP contribution in [0, 0.1) is 0 Å². The van der Waals surface area contributed by atoms with Crippen molar-refractivity contribution in [3.8, 4) is 0 Å². The van der Waals surface area contributed by atoms with Crippen LogP contribution in [0.2, 0.25) is 0 Å². The summed E-state index contributed by atoms with van der Waals surface area (Å²) >= 11 is 3.18. The molecule has 2 atom stereocenters. The number of cyclic esters (lactones) is 1. The molecule has 1 heterocycles. The van der Waals surface area contributed by atoms with Gasteiger partial charge in [-0.05, 0) is 62.9 Å². The summed E-state index contributed by atoms with van der Waals surface area (Å²) in [6.45, 7) is 4.10. The molecular formula is C26H30BrF2NO5. The molecule has 190 valence electrons. The van der Waals surface area contributed by atoms with Crippen LogP contribution in [0.15, 0.2) is 53.0 Å². The smallest absolute Gasteiger partial charge is 0.410 e. The molecule has 35 heavy (non-hydrogen) atoms. The van der Waals surface area contributed by atoms with Gasteiger partial charge in [-0.3, -0.25) is 0 Å². The Bertz CT molecular complexity index is 1020. The molecule has 6 nitrogen and oxygen atoms in total. The maximum absolute atomic E-state index is 14.8. The molecule has 1 amide bonds. The van der Waals surface area contributed by atoms with Crippen molar-refractivity contribution in [3.05, 3.63) is 69.7 Å². The van der Waals surface area contributed by atoms with Gasteiger partial charge in [0.2, 0.25) is 0 Å². The molecule has 1 saturated heterocycles. The van der Waals surface area contributed by atoms with Crippen LogP contribution in [0.25, 0.3) is 0 Å². The molecule has 0 aliphatic carbocycles. The van der Waals surface area contributed by atoms with Gasteiger partial charge >= 0.3 is 12.1 Å². The van der Waals surface area contributed by atoms with E-state index in [4.69, 9.17) is 9.47 Å². The first-order valence-electron chi connectivity index (χ1n) is 11.6. The summed E-state index contributed by atoms with van der Waals surface area (Å²) in [5.74, 6) is -3.81. The zero-order valence-corrected chi connectivity index (χ0v) is 21.3. The van der Waals surface area contributed by atoms with Crippen molar-refractivity contribution in [2.24, 2.45) is 0 Å². The van der Waals surface area contributed by atoms with Crippen molar-refractivity contribution >= 4 is 28.0 Å². The Balaban J connectivity index is 1.59.